The van der Waals surface area contributed by atoms with E-state index in [2.05, 4.69) is 10.6 Å². The Kier molecular flexibility index (Phi) is 6.39. The zero-order valence-electron chi connectivity index (χ0n) is 15.8. The maximum atomic E-state index is 12.6. The zero-order valence-corrected chi connectivity index (χ0v) is 15.8. The Labute approximate surface area is 154 Å². The van der Waals surface area contributed by atoms with E-state index in [4.69, 9.17) is 4.74 Å². The van der Waals surface area contributed by atoms with Crippen molar-refractivity contribution in [1.82, 2.24) is 5.32 Å². The van der Waals surface area contributed by atoms with E-state index in [1.54, 1.807) is 38.1 Å². The summed E-state index contributed by atoms with van der Waals surface area (Å²) in [6.45, 7) is 8.11. The third-order valence-electron chi connectivity index (χ3n) is 4.26. The number of amides is 2. The Morgan fingerprint density at radius 2 is 1.65 bits per heavy atom. The van der Waals surface area contributed by atoms with Crippen molar-refractivity contribution >= 4 is 17.5 Å². The van der Waals surface area contributed by atoms with Crippen LogP contribution < -0.4 is 15.4 Å². The summed E-state index contributed by atoms with van der Waals surface area (Å²) >= 11 is 0. The van der Waals surface area contributed by atoms with Gasteiger partial charge in [-0.15, -0.1) is 0 Å². The van der Waals surface area contributed by atoms with E-state index < -0.39 is 5.41 Å². The van der Waals surface area contributed by atoms with Gasteiger partial charge in [-0.2, -0.15) is 0 Å². The molecule has 2 rings (SSSR count). The highest BCUT2D eigenvalue weighted by Crippen LogP contribution is 2.21. The van der Waals surface area contributed by atoms with Crippen LogP contribution in [0.4, 0.5) is 5.69 Å². The van der Waals surface area contributed by atoms with Crippen LogP contribution in [0.2, 0.25) is 0 Å². The fourth-order valence-corrected chi connectivity index (χ4v) is 2.40. The molecule has 0 atom stereocenters. The molecule has 0 saturated carbocycles. The molecule has 0 heterocycles. The first-order chi connectivity index (χ1) is 12.3. The number of carbonyl (C=O) groups excluding carboxylic acids is 2. The van der Waals surface area contributed by atoms with Crippen molar-refractivity contribution in [1.29, 1.82) is 0 Å². The maximum Gasteiger partial charge on any atom is 0.239 e. The van der Waals surface area contributed by atoms with Crippen molar-refractivity contribution in [3.63, 3.8) is 0 Å². The smallest absolute Gasteiger partial charge is 0.239 e. The van der Waals surface area contributed by atoms with Crippen LogP contribution in [0.15, 0.2) is 48.5 Å². The molecule has 0 aliphatic heterocycles. The molecular weight excluding hydrogens is 328 g/mol. The molecule has 138 valence electrons. The first kappa shape index (κ1) is 19.5. The van der Waals surface area contributed by atoms with Gasteiger partial charge in [0.1, 0.15) is 11.2 Å². The minimum atomic E-state index is -1.19. The van der Waals surface area contributed by atoms with Crippen molar-refractivity contribution in [2.45, 2.75) is 34.2 Å². The summed E-state index contributed by atoms with van der Waals surface area (Å²) in [5, 5.41) is 5.64. The molecule has 26 heavy (non-hydrogen) atoms. The third kappa shape index (κ3) is 4.85. The second kappa shape index (κ2) is 8.52. The zero-order chi connectivity index (χ0) is 19.2. The summed E-state index contributed by atoms with van der Waals surface area (Å²) in [4.78, 5) is 25.1. The average molecular weight is 354 g/mol. The van der Waals surface area contributed by atoms with E-state index in [0.29, 0.717) is 18.8 Å². The lowest BCUT2D eigenvalue weighted by atomic mass is 9.90. The van der Waals surface area contributed by atoms with E-state index in [1.807, 2.05) is 38.1 Å². The number of ether oxygens (including phenoxy) is 1. The standard InChI is InChI=1S/C21H26N2O3/c1-5-26-18-12-10-17(11-13-18)23-20(25)21(3,4)19(24)22-14-16-9-7-6-8-15(16)2/h6-13H,5,14H2,1-4H3,(H,22,24)(H,23,25). The summed E-state index contributed by atoms with van der Waals surface area (Å²) in [5.41, 5.74) is 1.56. The number of carbonyl (C=O) groups is 2. The van der Waals surface area contributed by atoms with E-state index in [0.717, 1.165) is 16.9 Å². The molecule has 0 aliphatic rings. The Hall–Kier alpha value is -2.82. The second-order valence-electron chi connectivity index (χ2n) is 6.65. The van der Waals surface area contributed by atoms with Crippen LogP contribution >= 0.6 is 0 Å². The van der Waals surface area contributed by atoms with E-state index in [-0.39, 0.29) is 11.8 Å². The lowest BCUT2D eigenvalue weighted by Crippen LogP contribution is -2.44. The minimum Gasteiger partial charge on any atom is -0.494 e. The molecule has 0 radical (unpaired) electrons. The lowest BCUT2D eigenvalue weighted by molar-refractivity contribution is -0.138. The summed E-state index contributed by atoms with van der Waals surface area (Å²) in [6, 6.07) is 14.9. The van der Waals surface area contributed by atoms with Gasteiger partial charge in [0.25, 0.3) is 0 Å². The van der Waals surface area contributed by atoms with Gasteiger partial charge in [-0.1, -0.05) is 24.3 Å². The Bertz CT molecular complexity index is 767. The predicted octanol–water partition coefficient (Wildman–Crippen LogP) is 3.67. The predicted molar refractivity (Wildman–Crippen MR) is 103 cm³/mol. The fourth-order valence-electron chi connectivity index (χ4n) is 2.40. The molecule has 0 aromatic heterocycles. The monoisotopic (exact) mass is 354 g/mol. The summed E-state index contributed by atoms with van der Waals surface area (Å²) in [5.74, 6) is 0.0638. The number of benzene rings is 2. The van der Waals surface area contributed by atoms with E-state index in [1.165, 1.54) is 0 Å². The van der Waals surface area contributed by atoms with Gasteiger partial charge in [-0.3, -0.25) is 9.59 Å². The maximum absolute atomic E-state index is 12.6. The number of hydrogen-bond donors (Lipinski definition) is 2. The number of anilines is 1. The topological polar surface area (TPSA) is 67.4 Å². The van der Waals surface area contributed by atoms with Crippen molar-refractivity contribution in [3.8, 4) is 5.75 Å². The molecule has 2 amide bonds. The first-order valence-electron chi connectivity index (χ1n) is 8.71. The molecule has 2 aromatic carbocycles. The molecule has 5 heteroatoms. The Balaban J connectivity index is 1.97. The van der Waals surface area contributed by atoms with Gasteiger partial charge >= 0.3 is 0 Å². The molecule has 0 bridgehead atoms. The largest absolute Gasteiger partial charge is 0.494 e. The SMILES string of the molecule is CCOc1ccc(NC(=O)C(C)(C)C(=O)NCc2ccccc2C)cc1. The molecule has 0 aliphatic carbocycles. The number of nitrogens with one attached hydrogen (secondary N) is 2. The molecule has 2 aromatic rings. The van der Waals surface area contributed by atoms with Gasteiger partial charge in [-0.05, 0) is 63.1 Å². The Morgan fingerprint density at radius 1 is 1.00 bits per heavy atom. The van der Waals surface area contributed by atoms with Crippen LogP contribution in [0.25, 0.3) is 0 Å². The lowest BCUT2D eigenvalue weighted by Gasteiger charge is -2.23. The Morgan fingerprint density at radius 3 is 2.27 bits per heavy atom. The fraction of sp³-hybridized carbons (Fsp3) is 0.333. The van der Waals surface area contributed by atoms with E-state index in [9.17, 15) is 9.59 Å². The average Bonchev–Trinajstić information content (AvgIpc) is 2.62. The van der Waals surface area contributed by atoms with Gasteiger partial charge in [0, 0.05) is 12.2 Å². The minimum absolute atomic E-state index is 0.316. The third-order valence-corrected chi connectivity index (χ3v) is 4.26. The normalized spacial score (nSPS) is 10.9. The van der Waals surface area contributed by atoms with Crippen molar-refractivity contribution in [2.75, 3.05) is 11.9 Å². The summed E-state index contributed by atoms with van der Waals surface area (Å²) in [7, 11) is 0. The molecule has 0 fully saturated rings. The van der Waals surface area contributed by atoms with Crippen molar-refractivity contribution < 1.29 is 14.3 Å². The van der Waals surface area contributed by atoms with Crippen LogP contribution in [0.1, 0.15) is 31.9 Å². The van der Waals surface area contributed by atoms with Gasteiger partial charge in [0.2, 0.25) is 11.8 Å². The number of hydrogen-bond acceptors (Lipinski definition) is 3. The number of rotatable bonds is 7. The molecule has 0 saturated heterocycles. The highest BCUT2D eigenvalue weighted by atomic mass is 16.5. The van der Waals surface area contributed by atoms with Gasteiger partial charge < -0.3 is 15.4 Å². The van der Waals surface area contributed by atoms with E-state index >= 15 is 0 Å². The van der Waals surface area contributed by atoms with Crippen LogP contribution in [-0.2, 0) is 16.1 Å². The van der Waals surface area contributed by atoms with Crippen LogP contribution in [0.3, 0.4) is 0 Å². The highest BCUT2D eigenvalue weighted by molar-refractivity contribution is 6.09. The number of aryl methyl sites for hydroxylation is 1. The first-order valence-corrected chi connectivity index (χ1v) is 8.71. The van der Waals surface area contributed by atoms with Gasteiger partial charge in [0.05, 0.1) is 6.61 Å². The van der Waals surface area contributed by atoms with Crippen LogP contribution in [-0.4, -0.2) is 18.4 Å². The van der Waals surface area contributed by atoms with Crippen molar-refractivity contribution in [3.05, 3.63) is 59.7 Å². The highest BCUT2D eigenvalue weighted by Gasteiger charge is 2.36. The van der Waals surface area contributed by atoms with Crippen LogP contribution in [0, 0.1) is 12.3 Å². The summed E-state index contributed by atoms with van der Waals surface area (Å²) in [6.07, 6.45) is 0. The van der Waals surface area contributed by atoms with Gasteiger partial charge in [-0.25, -0.2) is 0 Å². The molecular formula is C21H26N2O3. The quantitative estimate of drug-likeness (QED) is 0.746. The molecule has 2 N–H and O–H groups in total. The second-order valence-corrected chi connectivity index (χ2v) is 6.65. The molecule has 0 spiro atoms. The van der Waals surface area contributed by atoms with Crippen LogP contribution in [0.5, 0.6) is 5.75 Å². The molecule has 5 nitrogen and oxygen atoms in total. The molecule has 0 unspecified atom stereocenters. The van der Waals surface area contributed by atoms with Crippen molar-refractivity contribution in [2.24, 2.45) is 5.41 Å². The van der Waals surface area contributed by atoms with Gasteiger partial charge in [0.15, 0.2) is 0 Å². The summed E-state index contributed by atoms with van der Waals surface area (Å²) < 4.78 is 5.38.